The summed E-state index contributed by atoms with van der Waals surface area (Å²) in [6.07, 6.45) is 7.50. The van der Waals surface area contributed by atoms with E-state index in [1.54, 1.807) is 0 Å². The number of rotatable bonds is 5. The van der Waals surface area contributed by atoms with E-state index in [0.717, 1.165) is 35.6 Å². The van der Waals surface area contributed by atoms with E-state index in [-0.39, 0.29) is 0 Å². The second-order valence-corrected chi connectivity index (χ2v) is 4.64. The van der Waals surface area contributed by atoms with Crippen LogP contribution in [0, 0.1) is 0 Å². The van der Waals surface area contributed by atoms with Gasteiger partial charge in [0, 0.05) is 18.2 Å². The number of aromatic nitrogens is 4. The van der Waals surface area contributed by atoms with Gasteiger partial charge in [-0.3, -0.25) is 0 Å². The van der Waals surface area contributed by atoms with Crippen LogP contribution in [0.25, 0.3) is 16.9 Å². The summed E-state index contributed by atoms with van der Waals surface area (Å²) in [5.74, 6) is 0.970. The summed E-state index contributed by atoms with van der Waals surface area (Å²) < 4.78 is 1.86. The normalized spacial score (nSPS) is 10.8. The van der Waals surface area contributed by atoms with Crippen LogP contribution in [-0.4, -0.2) is 26.3 Å². The van der Waals surface area contributed by atoms with Crippen molar-refractivity contribution in [3.05, 3.63) is 54.7 Å². The van der Waals surface area contributed by atoms with Crippen LogP contribution in [0.2, 0.25) is 0 Å². The van der Waals surface area contributed by atoms with Crippen molar-refractivity contribution in [3.8, 4) is 16.9 Å². The van der Waals surface area contributed by atoms with Gasteiger partial charge in [0.15, 0.2) is 0 Å². The fraction of sp³-hybridized carbons (Fsp3) is 0.200. The Morgan fingerprint density at radius 1 is 1.15 bits per heavy atom. The highest BCUT2D eigenvalue weighted by molar-refractivity contribution is 5.57. The summed E-state index contributed by atoms with van der Waals surface area (Å²) in [7, 11) is 0. The van der Waals surface area contributed by atoms with Crippen molar-refractivity contribution < 1.29 is 0 Å². The topological polar surface area (TPSA) is 72.5 Å². The molecule has 20 heavy (non-hydrogen) atoms. The molecule has 1 aromatic carbocycles. The third-order valence-electron chi connectivity index (χ3n) is 3.16. The Bertz CT molecular complexity index is 668. The van der Waals surface area contributed by atoms with Crippen LogP contribution in [0.1, 0.15) is 12.2 Å². The van der Waals surface area contributed by atoms with Crippen molar-refractivity contribution in [1.82, 2.24) is 19.7 Å². The fourth-order valence-electron chi connectivity index (χ4n) is 2.09. The first-order chi connectivity index (χ1) is 9.86. The Labute approximate surface area is 117 Å². The molecule has 0 amide bonds. The summed E-state index contributed by atoms with van der Waals surface area (Å²) in [4.78, 5) is 7.67. The number of benzene rings is 1. The predicted molar refractivity (Wildman–Crippen MR) is 78.5 cm³/mol. The molecular formula is C15H17N5. The standard InChI is InChI=1S/C15H17N5/c16-8-4-7-15-17-10-14(19-15)12-9-18-20(11-12)13-5-2-1-3-6-13/h1-3,5-6,9-11H,4,7-8,16H2,(H,17,19). The highest BCUT2D eigenvalue weighted by atomic mass is 15.3. The van der Waals surface area contributed by atoms with Gasteiger partial charge in [0.25, 0.3) is 0 Å². The Balaban J connectivity index is 1.81. The van der Waals surface area contributed by atoms with Crippen LogP contribution >= 0.6 is 0 Å². The lowest BCUT2D eigenvalue weighted by Gasteiger charge is -1.98. The van der Waals surface area contributed by atoms with E-state index >= 15 is 0 Å². The van der Waals surface area contributed by atoms with Crippen molar-refractivity contribution in [3.63, 3.8) is 0 Å². The van der Waals surface area contributed by atoms with Gasteiger partial charge in [-0.25, -0.2) is 9.67 Å². The minimum absolute atomic E-state index is 0.683. The summed E-state index contributed by atoms with van der Waals surface area (Å²) >= 11 is 0. The maximum Gasteiger partial charge on any atom is 0.106 e. The molecule has 5 heteroatoms. The van der Waals surface area contributed by atoms with Gasteiger partial charge in [0.1, 0.15) is 5.82 Å². The molecule has 0 aliphatic heterocycles. The van der Waals surface area contributed by atoms with Gasteiger partial charge in [0.05, 0.1) is 23.8 Å². The quantitative estimate of drug-likeness (QED) is 0.744. The molecule has 0 spiro atoms. The maximum absolute atomic E-state index is 5.51. The predicted octanol–water partition coefficient (Wildman–Crippen LogP) is 2.15. The largest absolute Gasteiger partial charge is 0.342 e. The van der Waals surface area contributed by atoms with E-state index in [1.807, 2.05) is 53.6 Å². The molecule has 0 bridgehead atoms. The number of nitrogens with one attached hydrogen (secondary N) is 1. The highest BCUT2D eigenvalue weighted by Crippen LogP contribution is 2.18. The van der Waals surface area contributed by atoms with Gasteiger partial charge in [0.2, 0.25) is 0 Å². The Kier molecular flexibility index (Phi) is 3.60. The molecule has 2 heterocycles. The zero-order chi connectivity index (χ0) is 13.8. The minimum Gasteiger partial charge on any atom is -0.342 e. The molecule has 5 nitrogen and oxygen atoms in total. The summed E-state index contributed by atoms with van der Waals surface area (Å²) in [5, 5.41) is 4.38. The van der Waals surface area contributed by atoms with Crippen molar-refractivity contribution in [2.24, 2.45) is 5.73 Å². The van der Waals surface area contributed by atoms with Crippen molar-refractivity contribution in [2.45, 2.75) is 12.8 Å². The van der Waals surface area contributed by atoms with E-state index in [2.05, 4.69) is 15.1 Å². The summed E-state index contributed by atoms with van der Waals surface area (Å²) in [5.41, 5.74) is 8.56. The molecule has 0 radical (unpaired) electrons. The van der Waals surface area contributed by atoms with Crippen LogP contribution in [0.15, 0.2) is 48.9 Å². The molecule has 102 valence electrons. The SMILES string of the molecule is NCCCc1ncc(-c2cnn(-c3ccccc3)c2)[nH]1. The summed E-state index contributed by atoms with van der Waals surface area (Å²) in [6.45, 7) is 0.683. The number of aromatic amines is 1. The number of imidazole rings is 1. The number of hydrogen-bond acceptors (Lipinski definition) is 3. The average Bonchev–Trinajstić information content (AvgIpc) is 3.15. The zero-order valence-corrected chi connectivity index (χ0v) is 11.2. The second-order valence-electron chi connectivity index (χ2n) is 4.64. The zero-order valence-electron chi connectivity index (χ0n) is 11.2. The van der Waals surface area contributed by atoms with Gasteiger partial charge in [-0.1, -0.05) is 18.2 Å². The van der Waals surface area contributed by atoms with Crippen molar-refractivity contribution in [2.75, 3.05) is 6.54 Å². The lowest BCUT2D eigenvalue weighted by atomic mass is 10.3. The molecule has 0 unspecified atom stereocenters. The van der Waals surface area contributed by atoms with Crippen molar-refractivity contribution >= 4 is 0 Å². The number of nitrogens with zero attached hydrogens (tertiary/aromatic N) is 3. The minimum atomic E-state index is 0.683. The van der Waals surface area contributed by atoms with Gasteiger partial charge in [-0.15, -0.1) is 0 Å². The molecular weight excluding hydrogens is 250 g/mol. The number of nitrogens with two attached hydrogens (primary N) is 1. The van der Waals surface area contributed by atoms with E-state index in [9.17, 15) is 0 Å². The number of H-pyrrole nitrogens is 1. The third-order valence-corrected chi connectivity index (χ3v) is 3.16. The molecule has 0 atom stereocenters. The van der Waals surface area contributed by atoms with Crippen LogP contribution in [0.4, 0.5) is 0 Å². The fourth-order valence-corrected chi connectivity index (χ4v) is 2.09. The lowest BCUT2D eigenvalue weighted by molar-refractivity contribution is 0.794. The van der Waals surface area contributed by atoms with Crippen LogP contribution in [0.3, 0.4) is 0 Å². The first-order valence-corrected chi connectivity index (χ1v) is 6.71. The monoisotopic (exact) mass is 267 g/mol. The van der Waals surface area contributed by atoms with Crippen molar-refractivity contribution in [1.29, 1.82) is 0 Å². The van der Waals surface area contributed by atoms with Crippen LogP contribution in [-0.2, 0) is 6.42 Å². The van der Waals surface area contributed by atoms with Crippen LogP contribution < -0.4 is 5.73 Å². The molecule has 3 aromatic rings. The van der Waals surface area contributed by atoms with Gasteiger partial charge < -0.3 is 10.7 Å². The van der Waals surface area contributed by atoms with Gasteiger partial charge >= 0.3 is 0 Å². The smallest absolute Gasteiger partial charge is 0.106 e. The molecule has 0 aliphatic carbocycles. The summed E-state index contributed by atoms with van der Waals surface area (Å²) in [6, 6.07) is 10.0. The van der Waals surface area contributed by atoms with E-state index in [0.29, 0.717) is 6.54 Å². The molecule has 0 aliphatic rings. The van der Waals surface area contributed by atoms with Gasteiger partial charge in [-0.2, -0.15) is 5.10 Å². The first-order valence-electron chi connectivity index (χ1n) is 6.71. The Morgan fingerprint density at radius 3 is 2.80 bits per heavy atom. The number of para-hydroxylation sites is 1. The molecule has 0 saturated carbocycles. The molecule has 0 saturated heterocycles. The van der Waals surface area contributed by atoms with E-state index < -0.39 is 0 Å². The number of hydrogen-bond donors (Lipinski definition) is 2. The van der Waals surface area contributed by atoms with Crippen LogP contribution in [0.5, 0.6) is 0 Å². The molecule has 3 rings (SSSR count). The highest BCUT2D eigenvalue weighted by Gasteiger charge is 2.06. The van der Waals surface area contributed by atoms with E-state index in [4.69, 9.17) is 5.73 Å². The molecule has 2 aromatic heterocycles. The Hall–Kier alpha value is -2.40. The first kappa shape index (κ1) is 12.6. The Morgan fingerprint density at radius 2 is 2.00 bits per heavy atom. The molecule has 3 N–H and O–H groups in total. The molecule has 0 fully saturated rings. The number of aryl methyl sites for hydroxylation is 1. The van der Waals surface area contributed by atoms with E-state index in [1.165, 1.54) is 0 Å². The lowest BCUT2D eigenvalue weighted by Crippen LogP contribution is -2.01. The van der Waals surface area contributed by atoms with Gasteiger partial charge in [-0.05, 0) is 25.1 Å². The third kappa shape index (κ3) is 2.62. The average molecular weight is 267 g/mol. The second kappa shape index (κ2) is 5.71. The maximum atomic E-state index is 5.51.